The van der Waals surface area contributed by atoms with Crippen LogP contribution in [0.3, 0.4) is 0 Å². The van der Waals surface area contributed by atoms with Gasteiger partial charge in [0.1, 0.15) is 0 Å². The van der Waals surface area contributed by atoms with E-state index >= 15 is 0 Å². The maximum Gasteiger partial charge on any atom is 0.250 e. The van der Waals surface area contributed by atoms with Gasteiger partial charge in [-0.3, -0.25) is 9.59 Å². The Bertz CT molecular complexity index is 1240. The molecule has 0 radical (unpaired) electrons. The van der Waals surface area contributed by atoms with E-state index in [2.05, 4.69) is 10.6 Å². The number of hydrogen-bond donors (Lipinski definition) is 2. The van der Waals surface area contributed by atoms with E-state index in [9.17, 15) is 9.59 Å². The fraction of sp³-hybridized carbons (Fsp3) is 0.172. The first-order chi connectivity index (χ1) is 16.0. The van der Waals surface area contributed by atoms with Gasteiger partial charge in [-0.25, -0.2) is 0 Å². The number of allylic oxidation sites excluding steroid dienone is 3. The summed E-state index contributed by atoms with van der Waals surface area (Å²) in [4.78, 5) is 27.3. The van der Waals surface area contributed by atoms with Crippen LogP contribution < -0.4 is 10.6 Å². The Balaban J connectivity index is 1.77. The average Bonchev–Trinajstić information content (AvgIpc) is 2.83. The quantitative estimate of drug-likeness (QED) is 0.507. The third kappa shape index (κ3) is 4.65. The standard InChI is InChI=1S/C29H28N2O2/c1-19-12-10-11-17-24(19)27-25(28(32)23-15-8-5-9-16-23)20(2)31-21(3)26(27)29(33)30-18-22-13-6-4-7-14-22/h4-17,27,31H,18H2,1-3H3,(H,30,33). The van der Waals surface area contributed by atoms with Gasteiger partial charge in [0.05, 0.1) is 0 Å². The lowest BCUT2D eigenvalue weighted by Gasteiger charge is -2.32. The summed E-state index contributed by atoms with van der Waals surface area (Å²) in [5, 5.41) is 6.37. The number of hydrogen-bond acceptors (Lipinski definition) is 3. The van der Waals surface area contributed by atoms with Crippen molar-refractivity contribution >= 4 is 11.7 Å². The van der Waals surface area contributed by atoms with Gasteiger partial charge < -0.3 is 10.6 Å². The minimum Gasteiger partial charge on any atom is -0.362 e. The molecule has 0 aliphatic carbocycles. The summed E-state index contributed by atoms with van der Waals surface area (Å²) < 4.78 is 0. The third-order valence-corrected chi connectivity index (χ3v) is 6.08. The molecule has 3 aromatic rings. The van der Waals surface area contributed by atoms with E-state index in [1.54, 1.807) is 0 Å². The monoisotopic (exact) mass is 436 g/mol. The van der Waals surface area contributed by atoms with Gasteiger partial charge in [0.2, 0.25) is 5.91 Å². The van der Waals surface area contributed by atoms with Crippen LogP contribution in [0.2, 0.25) is 0 Å². The van der Waals surface area contributed by atoms with Crippen molar-refractivity contribution in [2.24, 2.45) is 0 Å². The molecule has 3 aromatic carbocycles. The molecule has 4 rings (SSSR count). The van der Waals surface area contributed by atoms with Gasteiger partial charge in [-0.15, -0.1) is 0 Å². The van der Waals surface area contributed by atoms with Gasteiger partial charge in [0.15, 0.2) is 5.78 Å². The van der Waals surface area contributed by atoms with Crippen molar-refractivity contribution in [1.82, 2.24) is 10.6 Å². The van der Waals surface area contributed by atoms with Gasteiger partial charge >= 0.3 is 0 Å². The molecule has 4 nitrogen and oxygen atoms in total. The molecular weight excluding hydrogens is 408 g/mol. The van der Waals surface area contributed by atoms with Crippen molar-refractivity contribution in [1.29, 1.82) is 0 Å². The topological polar surface area (TPSA) is 58.2 Å². The van der Waals surface area contributed by atoms with Crippen molar-refractivity contribution in [3.8, 4) is 0 Å². The van der Waals surface area contributed by atoms with E-state index < -0.39 is 5.92 Å². The molecule has 1 aliphatic heterocycles. The minimum atomic E-state index is -0.462. The number of Topliss-reactive ketones (excluding diaryl/α,β-unsaturated/α-hetero) is 1. The van der Waals surface area contributed by atoms with Crippen LogP contribution in [0.4, 0.5) is 0 Å². The van der Waals surface area contributed by atoms with Gasteiger partial charge in [-0.1, -0.05) is 84.9 Å². The van der Waals surface area contributed by atoms with E-state index in [4.69, 9.17) is 0 Å². The molecule has 1 heterocycles. The number of ketones is 1. The van der Waals surface area contributed by atoms with Gasteiger partial charge in [-0.2, -0.15) is 0 Å². The number of carbonyl (C=O) groups excluding carboxylic acids is 2. The number of nitrogens with one attached hydrogen (secondary N) is 2. The van der Waals surface area contributed by atoms with E-state index in [1.165, 1.54) is 0 Å². The maximum absolute atomic E-state index is 13.7. The van der Waals surface area contributed by atoms with E-state index in [0.717, 1.165) is 28.1 Å². The summed E-state index contributed by atoms with van der Waals surface area (Å²) >= 11 is 0. The van der Waals surface area contributed by atoms with Crippen LogP contribution in [0.25, 0.3) is 0 Å². The van der Waals surface area contributed by atoms with E-state index in [1.807, 2.05) is 106 Å². The molecular formula is C29H28N2O2. The van der Waals surface area contributed by atoms with Gasteiger partial charge in [0.25, 0.3) is 0 Å². The fourth-order valence-electron chi connectivity index (χ4n) is 4.44. The van der Waals surface area contributed by atoms with Crippen LogP contribution in [0.1, 0.15) is 46.8 Å². The summed E-state index contributed by atoms with van der Waals surface area (Å²) in [6.07, 6.45) is 0. The predicted octanol–water partition coefficient (Wildman–Crippen LogP) is 5.43. The predicted molar refractivity (Wildman–Crippen MR) is 132 cm³/mol. The van der Waals surface area contributed by atoms with Crippen molar-refractivity contribution < 1.29 is 9.59 Å². The summed E-state index contributed by atoms with van der Waals surface area (Å²) in [5.41, 5.74) is 6.34. The highest BCUT2D eigenvalue weighted by Crippen LogP contribution is 2.40. The number of dihydropyridines is 1. The highest BCUT2D eigenvalue weighted by atomic mass is 16.2. The zero-order valence-corrected chi connectivity index (χ0v) is 19.2. The zero-order chi connectivity index (χ0) is 23.4. The van der Waals surface area contributed by atoms with Gasteiger partial charge in [-0.05, 0) is 37.5 Å². The van der Waals surface area contributed by atoms with Crippen molar-refractivity contribution in [2.75, 3.05) is 0 Å². The Morgan fingerprint density at radius 1 is 0.758 bits per heavy atom. The SMILES string of the molecule is CC1=C(C(=O)NCc2ccccc2)C(c2ccccc2C)C(C(=O)c2ccccc2)=C(C)N1. The molecule has 0 aromatic heterocycles. The lowest BCUT2D eigenvalue weighted by Crippen LogP contribution is -2.36. The molecule has 1 aliphatic rings. The normalized spacial score (nSPS) is 15.8. The molecule has 0 saturated heterocycles. The minimum absolute atomic E-state index is 0.0743. The summed E-state index contributed by atoms with van der Waals surface area (Å²) in [5.74, 6) is -0.714. The Morgan fingerprint density at radius 3 is 2.00 bits per heavy atom. The molecule has 1 unspecified atom stereocenters. The van der Waals surface area contributed by atoms with Gasteiger partial charge in [0, 0.05) is 40.6 Å². The smallest absolute Gasteiger partial charge is 0.250 e. The lowest BCUT2D eigenvalue weighted by molar-refractivity contribution is -0.118. The van der Waals surface area contributed by atoms with Crippen LogP contribution in [-0.4, -0.2) is 11.7 Å². The molecule has 1 atom stereocenters. The highest BCUT2D eigenvalue weighted by Gasteiger charge is 2.37. The Kier molecular flexibility index (Phi) is 6.55. The molecule has 2 N–H and O–H groups in total. The van der Waals surface area contributed by atoms with Crippen molar-refractivity contribution in [3.63, 3.8) is 0 Å². The van der Waals surface area contributed by atoms with Crippen LogP contribution in [0.5, 0.6) is 0 Å². The zero-order valence-electron chi connectivity index (χ0n) is 19.2. The van der Waals surface area contributed by atoms with Crippen LogP contribution in [0.15, 0.2) is 107 Å². The number of carbonyl (C=O) groups is 2. The lowest BCUT2D eigenvalue weighted by atomic mass is 9.76. The number of aryl methyl sites for hydroxylation is 1. The summed E-state index contributed by atoms with van der Waals surface area (Å²) in [7, 11) is 0. The molecule has 0 saturated carbocycles. The summed E-state index contributed by atoms with van der Waals surface area (Å²) in [6, 6.07) is 27.0. The van der Waals surface area contributed by atoms with Crippen LogP contribution in [-0.2, 0) is 11.3 Å². The van der Waals surface area contributed by atoms with Crippen LogP contribution >= 0.6 is 0 Å². The number of benzene rings is 3. The van der Waals surface area contributed by atoms with Crippen LogP contribution in [0, 0.1) is 6.92 Å². The largest absolute Gasteiger partial charge is 0.362 e. The first kappa shape index (κ1) is 22.3. The number of amides is 1. The molecule has 0 bridgehead atoms. The second-order valence-electron chi connectivity index (χ2n) is 8.36. The molecule has 33 heavy (non-hydrogen) atoms. The van der Waals surface area contributed by atoms with E-state index in [0.29, 0.717) is 23.3 Å². The van der Waals surface area contributed by atoms with Crippen molar-refractivity contribution in [3.05, 3.63) is 130 Å². The summed E-state index contributed by atoms with van der Waals surface area (Å²) in [6.45, 7) is 6.24. The Hall–Kier alpha value is -3.92. The molecule has 4 heteroatoms. The Morgan fingerprint density at radius 2 is 1.33 bits per heavy atom. The molecule has 166 valence electrons. The Labute approximate surface area is 195 Å². The molecule has 1 amide bonds. The third-order valence-electron chi connectivity index (χ3n) is 6.08. The molecule has 0 fully saturated rings. The second-order valence-corrected chi connectivity index (χ2v) is 8.36. The fourth-order valence-corrected chi connectivity index (χ4v) is 4.44. The van der Waals surface area contributed by atoms with Crippen molar-refractivity contribution in [2.45, 2.75) is 33.2 Å². The number of rotatable bonds is 6. The molecule has 0 spiro atoms. The van der Waals surface area contributed by atoms with E-state index in [-0.39, 0.29) is 11.7 Å². The second kappa shape index (κ2) is 9.70. The first-order valence-electron chi connectivity index (χ1n) is 11.1. The maximum atomic E-state index is 13.7. The first-order valence-corrected chi connectivity index (χ1v) is 11.1. The highest BCUT2D eigenvalue weighted by molar-refractivity contribution is 6.12. The average molecular weight is 437 g/mol.